The van der Waals surface area contributed by atoms with Crippen molar-refractivity contribution in [2.75, 3.05) is 6.61 Å². The Kier molecular flexibility index (Phi) is 2.31. The van der Waals surface area contributed by atoms with Crippen LogP contribution < -0.4 is 4.74 Å². The molecule has 0 unspecified atom stereocenters. The summed E-state index contributed by atoms with van der Waals surface area (Å²) in [5, 5.41) is 9.25. The minimum atomic E-state index is -0.435. The molecule has 0 amide bonds. The van der Waals surface area contributed by atoms with Gasteiger partial charge in [-0.05, 0) is 42.7 Å². The summed E-state index contributed by atoms with van der Waals surface area (Å²) >= 11 is 0. The Morgan fingerprint density at radius 2 is 2.15 bits per heavy atom. The van der Waals surface area contributed by atoms with Gasteiger partial charge in [-0.1, -0.05) is 0 Å². The van der Waals surface area contributed by atoms with Gasteiger partial charge in [0.1, 0.15) is 17.0 Å². The highest BCUT2D eigenvalue weighted by Crippen LogP contribution is 2.46. The number of nitriles is 1. The Bertz CT molecular complexity index is 729. The summed E-state index contributed by atoms with van der Waals surface area (Å²) in [5.74, 6) is 1.63. The highest BCUT2D eigenvalue weighted by molar-refractivity contribution is 5.62. The van der Waals surface area contributed by atoms with E-state index in [-0.39, 0.29) is 0 Å². The van der Waals surface area contributed by atoms with Crippen molar-refractivity contribution in [3.8, 4) is 23.1 Å². The zero-order chi connectivity index (χ0) is 13.6. The van der Waals surface area contributed by atoms with Crippen molar-refractivity contribution in [1.29, 1.82) is 5.26 Å². The minimum absolute atomic E-state index is 0.435. The van der Waals surface area contributed by atoms with E-state index in [2.05, 4.69) is 22.1 Å². The van der Waals surface area contributed by atoms with E-state index in [0.29, 0.717) is 5.82 Å². The monoisotopic (exact) mass is 263 g/mol. The first-order valence-corrected chi connectivity index (χ1v) is 6.82. The molecule has 4 rings (SSSR count). The lowest BCUT2D eigenvalue weighted by molar-refractivity contribution is 0.357. The van der Waals surface area contributed by atoms with Gasteiger partial charge in [0.05, 0.1) is 18.4 Å². The van der Waals surface area contributed by atoms with E-state index in [1.54, 1.807) is 6.20 Å². The van der Waals surface area contributed by atoms with Crippen LogP contribution in [0.5, 0.6) is 5.75 Å². The van der Waals surface area contributed by atoms with Gasteiger partial charge in [0.2, 0.25) is 0 Å². The van der Waals surface area contributed by atoms with Gasteiger partial charge in [-0.2, -0.15) is 5.26 Å². The molecule has 1 aliphatic heterocycles. The SMILES string of the molecule is N#CC1(c2nccc(-c3ccc4c(c3)CCO4)n2)CC1. The van der Waals surface area contributed by atoms with Gasteiger partial charge in [-0.3, -0.25) is 0 Å². The largest absolute Gasteiger partial charge is 0.493 e. The highest BCUT2D eigenvalue weighted by atomic mass is 16.5. The first-order valence-electron chi connectivity index (χ1n) is 6.82. The molecule has 1 aromatic heterocycles. The van der Waals surface area contributed by atoms with Crippen LogP contribution in [0.2, 0.25) is 0 Å². The Labute approximate surface area is 117 Å². The first kappa shape index (κ1) is 11.4. The van der Waals surface area contributed by atoms with Gasteiger partial charge in [0.25, 0.3) is 0 Å². The Morgan fingerprint density at radius 1 is 1.25 bits per heavy atom. The number of hydrogen-bond acceptors (Lipinski definition) is 4. The number of fused-ring (bicyclic) bond motifs is 1. The predicted octanol–water partition coefficient (Wildman–Crippen LogP) is 2.63. The molecule has 98 valence electrons. The van der Waals surface area contributed by atoms with E-state index < -0.39 is 5.41 Å². The van der Waals surface area contributed by atoms with Crippen LogP contribution >= 0.6 is 0 Å². The quantitative estimate of drug-likeness (QED) is 0.835. The molecule has 0 spiro atoms. The van der Waals surface area contributed by atoms with Gasteiger partial charge in [0, 0.05) is 18.2 Å². The van der Waals surface area contributed by atoms with E-state index in [1.807, 2.05) is 18.2 Å². The summed E-state index contributed by atoms with van der Waals surface area (Å²) in [5.41, 5.74) is 2.73. The lowest BCUT2D eigenvalue weighted by Crippen LogP contribution is -2.09. The second kappa shape index (κ2) is 4.04. The molecule has 2 heterocycles. The van der Waals surface area contributed by atoms with Crippen LogP contribution in [0.3, 0.4) is 0 Å². The summed E-state index contributed by atoms with van der Waals surface area (Å²) in [7, 11) is 0. The standard InChI is InChI=1S/C16H13N3O/c17-10-16(5-6-16)15-18-7-3-13(19-15)11-1-2-14-12(9-11)4-8-20-14/h1-3,7,9H,4-6,8H2. The van der Waals surface area contributed by atoms with Crippen LogP contribution in [-0.4, -0.2) is 16.6 Å². The predicted molar refractivity (Wildman–Crippen MR) is 73.2 cm³/mol. The molecular weight excluding hydrogens is 250 g/mol. The fourth-order valence-electron chi connectivity index (χ4n) is 2.61. The van der Waals surface area contributed by atoms with Crippen molar-refractivity contribution >= 4 is 0 Å². The van der Waals surface area contributed by atoms with Crippen molar-refractivity contribution in [2.45, 2.75) is 24.7 Å². The number of hydrogen-bond donors (Lipinski definition) is 0. The van der Waals surface area contributed by atoms with Crippen molar-refractivity contribution < 1.29 is 4.74 Å². The minimum Gasteiger partial charge on any atom is -0.493 e. The van der Waals surface area contributed by atoms with Crippen LogP contribution in [0, 0.1) is 11.3 Å². The van der Waals surface area contributed by atoms with Crippen molar-refractivity contribution in [3.05, 3.63) is 41.9 Å². The molecule has 0 N–H and O–H groups in total. The molecule has 1 aliphatic carbocycles. The lowest BCUT2D eigenvalue weighted by Gasteiger charge is -2.07. The van der Waals surface area contributed by atoms with Crippen LogP contribution in [-0.2, 0) is 11.8 Å². The molecule has 0 bridgehead atoms. The molecular formula is C16H13N3O. The van der Waals surface area contributed by atoms with Gasteiger partial charge in [0.15, 0.2) is 0 Å². The molecule has 0 atom stereocenters. The maximum absolute atomic E-state index is 9.25. The van der Waals surface area contributed by atoms with Crippen LogP contribution in [0.15, 0.2) is 30.5 Å². The molecule has 0 saturated heterocycles. The Hall–Kier alpha value is -2.41. The molecule has 2 aromatic rings. The molecule has 4 nitrogen and oxygen atoms in total. The second-order valence-corrected chi connectivity index (χ2v) is 5.38. The van der Waals surface area contributed by atoms with E-state index >= 15 is 0 Å². The van der Waals surface area contributed by atoms with Crippen molar-refractivity contribution in [3.63, 3.8) is 0 Å². The molecule has 20 heavy (non-hydrogen) atoms. The number of aromatic nitrogens is 2. The summed E-state index contributed by atoms with van der Waals surface area (Å²) in [6.07, 6.45) is 4.43. The Balaban J connectivity index is 1.76. The zero-order valence-corrected chi connectivity index (χ0v) is 11.0. The zero-order valence-electron chi connectivity index (χ0n) is 11.0. The molecule has 0 radical (unpaired) electrons. The second-order valence-electron chi connectivity index (χ2n) is 5.38. The van der Waals surface area contributed by atoms with Crippen molar-refractivity contribution in [1.82, 2.24) is 9.97 Å². The summed E-state index contributed by atoms with van der Waals surface area (Å²) in [6.45, 7) is 0.755. The lowest BCUT2D eigenvalue weighted by atomic mass is 10.0. The number of benzene rings is 1. The maximum atomic E-state index is 9.25. The molecule has 2 aliphatic rings. The first-order chi connectivity index (χ1) is 9.81. The van der Waals surface area contributed by atoms with E-state index in [0.717, 1.165) is 42.9 Å². The molecule has 1 fully saturated rings. The summed E-state index contributed by atoms with van der Waals surface area (Å²) in [6, 6.07) is 10.4. The maximum Gasteiger partial charge on any atom is 0.149 e. The van der Waals surface area contributed by atoms with Gasteiger partial charge in [-0.25, -0.2) is 9.97 Å². The average Bonchev–Trinajstić information content (AvgIpc) is 3.17. The molecule has 4 heteroatoms. The summed E-state index contributed by atoms with van der Waals surface area (Å²) in [4.78, 5) is 8.88. The normalized spacial score (nSPS) is 17.9. The number of ether oxygens (including phenoxy) is 1. The third-order valence-electron chi connectivity index (χ3n) is 4.03. The van der Waals surface area contributed by atoms with Crippen LogP contribution in [0.4, 0.5) is 0 Å². The van der Waals surface area contributed by atoms with E-state index in [4.69, 9.17) is 4.74 Å². The van der Waals surface area contributed by atoms with Gasteiger partial charge >= 0.3 is 0 Å². The van der Waals surface area contributed by atoms with E-state index in [9.17, 15) is 5.26 Å². The van der Waals surface area contributed by atoms with Gasteiger partial charge < -0.3 is 4.74 Å². The third kappa shape index (κ3) is 1.67. The van der Waals surface area contributed by atoms with Crippen molar-refractivity contribution in [2.24, 2.45) is 0 Å². The van der Waals surface area contributed by atoms with E-state index in [1.165, 1.54) is 5.56 Å². The Morgan fingerprint density at radius 3 is 2.95 bits per heavy atom. The molecule has 1 saturated carbocycles. The fourth-order valence-corrected chi connectivity index (χ4v) is 2.61. The van der Waals surface area contributed by atoms with Crippen LogP contribution in [0.1, 0.15) is 24.2 Å². The number of nitrogens with zero attached hydrogens (tertiary/aromatic N) is 3. The summed E-state index contributed by atoms with van der Waals surface area (Å²) < 4.78 is 5.52. The number of rotatable bonds is 2. The third-order valence-corrected chi connectivity index (χ3v) is 4.03. The van der Waals surface area contributed by atoms with Crippen LogP contribution in [0.25, 0.3) is 11.3 Å². The highest BCUT2D eigenvalue weighted by Gasteiger charge is 2.47. The fraction of sp³-hybridized carbons (Fsp3) is 0.312. The molecule has 1 aromatic carbocycles. The topological polar surface area (TPSA) is 58.8 Å². The smallest absolute Gasteiger partial charge is 0.149 e. The average molecular weight is 263 g/mol. The van der Waals surface area contributed by atoms with Gasteiger partial charge in [-0.15, -0.1) is 0 Å².